The third-order valence-electron chi connectivity index (χ3n) is 9.34. The number of unbranched alkanes of at least 4 members (excludes halogenated alkanes) is 1. The van der Waals surface area contributed by atoms with Gasteiger partial charge >= 0.3 is 23.9 Å². The van der Waals surface area contributed by atoms with Crippen LogP contribution < -0.4 is 5.32 Å². The second kappa shape index (κ2) is 23.5. The molecular weight excluding hydrogens is 860 g/mol. The number of carboxylic acids is 4. The van der Waals surface area contributed by atoms with E-state index in [1.807, 2.05) is 0 Å². The molecule has 4 amide bonds. The van der Waals surface area contributed by atoms with E-state index >= 15 is 0 Å². The molecule has 0 aromatic heterocycles. The zero-order valence-electron chi connectivity index (χ0n) is 30.0. The van der Waals surface area contributed by atoms with Crippen molar-refractivity contribution in [1.82, 2.24) is 34.7 Å². The second-order valence-electron chi connectivity index (χ2n) is 13.4. The Morgan fingerprint density at radius 1 is 0.667 bits per heavy atom. The van der Waals surface area contributed by atoms with E-state index in [2.05, 4.69) is 5.32 Å². The number of imide groups is 1. The molecule has 2 saturated heterocycles. The fourth-order valence-electron chi connectivity index (χ4n) is 6.23. The van der Waals surface area contributed by atoms with Gasteiger partial charge in [-0.2, -0.15) is 0 Å². The van der Waals surface area contributed by atoms with Gasteiger partial charge < -0.3 is 30.6 Å². The van der Waals surface area contributed by atoms with Gasteiger partial charge in [0.15, 0.2) is 5.78 Å². The maximum absolute atomic E-state index is 13.2. The smallest absolute Gasteiger partial charge is 0.317 e. The number of Topliss-reactive ketones (excluding diaryl/α,β-unsaturated/α-hetero) is 1. The van der Waals surface area contributed by atoms with Crippen molar-refractivity contribution in [2.45, 2.75) is 25.7 Å². The summed E-state index contributed by atoms with van der Waals surface area (Å²) in [6.45, 7) is 1.03. The molecule has 3 aliphatic rings. The summed E-state index contributed by atoms with van der Waals surface area (Å²) in [5, 5.41) is 40.2. The first-order valence-electron chi connectivity index (χ1n) is 17.5. The zero-order valence-corrected chi connectivity index (χ0v) is 32.2. The van der Waals surface area contributed by atoms with Crippen molar-refractivity contribution in [3.8, 4) is 0 Å². The van der Waals surface area contributed by atoms with Crippen LogP contribution in [0.4, 0.5) is 0 Å². The molecule has 2 fully saturated rings. The van der Waals surface area contributed by atoms with E-state index in [-0.39, 0.29) is 163 Å². The van der Waals surface area contributed by atoms with Gasteiger partial charge in [-0.1, -0.05) is 6.42 Å². The summed E-state index contributed by atoms with van der Waals surface area (Å²) in [6.07, 6.45) is 2.92. The summed E-state index contributed by atoms with van der Waals surface area (Å²) >= 11 is 0. The number of rotatable bonds is 19. The predicted molar refractivity (Wildman–Crippen MR) is 182 cm³/mol. The fraction of sp³-hybridized carbons (Fsp3) is 0.667. The molecule has 302 valence electrons. The van der Waals surface area contributed by atoms with Crippen molar-refractivity contribution in [1.29, 1.82) is 0 Å². The zero-order chi connectivity index (χ0) is 39.1. The Morgan fingerprint density at radius 2 is 1.09 bits per heavy atom. The normalized spacial score (nSPS) is 18.9. The minimum Gasteiger partial charge on any atom is -0.481 e. The van der Waals surface area contributed by atoms with Gasteiger partial charge in [0, 0.05) is 131 Å². The number of amides is 4. The molecule has 0 unspecified atom stereocenters. The average molecular weight is 909 g/mol. The van der Waals surface area contributed by atoms with Crippen LogP contribution in [0, 0.1) is 51.8 Å². The number of likely N-dealkylation sites (tertiary alicyclic amines) is 1. The summed E-state index contributed by atoms with van der Waals surface area (Å²) in [4.78, 5) is 117. The Kier molecular flexibility index (Phi) is 20.3. The maximum atomic E-state index is 13.2. The van der Waals surface area contributed by atoms with Gasteiger partial charge in [0.05, 0.1) is 44.6 Å². The SMILES string of the molecule is O=C(O)CN1CCN(CC(=O)O)CCN(CC(=O)N2CC(C(=O)NCC(=O)C[C@@H](CCCCN3C(=O)C=CC3=O)C(=O)O)C2)CCN(CC(=O)O)CC1.[Gd]. The molecule has 0 aromatic carbocycles. The maximum Gasteiger partial charge on any atom is 0.317 e. The number of hydrogen-bond donors (Lipinski definition) is 5. The largest absolute Gasteiger partial charge is 0.481 e. The molecule has 3 aliphatic heterocycles. The van der Waals surface area contributed by atoms with E-state index in [1.165, 1.54) is 4.90 Å². The summed E-state index contributed by atoms with van der Waals surface area (Å²) in [7, 11) is 0. The molecule has 21 heteroatoms. The number of carbonyl (C=O) groups is 9. The van der Waals surface area contributed by atoms with Gasteiger partial charge in [-0.3, -0.25) is 67.7 Å². The van der Waals surface area contributed by atoms with Crippen LogP contribution in [-0.4, -0.2) is 208 Å². The minimum atomic E-state index is -1.17. The van der Waals surface area contributed by atoms with E-state index in [0.717, 1.165) is 17.1 Å². The van der Waals surface area contributed by atoms with Crippen LogP contribution >= 0.6 is 0 Å². The standard InChI is InChI=1S/C33H49N7O13.Gd/c41-25(15-23(33(52)53)3-1-2-6-40-26(42)4-5-27(40)43)16-34-32(51)24-17-39(18-24)28(44)19-35-7-9-36(20-29(45)46)11-13-38(22-31(49)50)14-12-37(10-8-35)21-30(47)48;/h4-5,23-24H,1-3,6-22H2,(H,34,51)(H,45,46)(H,47,48)(H,49,50)(H,52,53);/t23-;/m1./s1. The molecule has 0 aromatic rings. The monoisotopic (exact) mass is 909 g/mol. The van der Waals surface area contributed by atoms with Crippen molar-refractivity contribution in [2.24, 2.45) is 11.8 Å². The third-order valence-corrected chi connectivity index (χ3v) is 9.34. The summed E-state index contributed by atoms with van der Waals surface area (Å²) in [5.74, 6) is -8.01. The van der Waals surface area contributed by atoms with Crippen LogP contribution in [0.15, 0.2) is 12.2 Å². The van der Waals surface area contributed by atoms with E-state index in [1.54, 1.807) is 19.6 Å². The molecule has 3 rings (SSSR count). The molecule has 5 N–H and O–H groups in total. The van der Waals surface area contributed by atoms with Crippen LogP contribution in [-0.2, 0) is 43.2 Å². The topological polar surface area (TPSA) is 266 Å². The van der Waals surface area contributed by atoms with Gasteiger partial charge in [-0.25, -0.2) is 0 Å². The fourth-order valence-corrected chi connectivity index (χ4v) is 6.23. The molecule has 0 bridgehead atoms. The average Bonchev–Trinajstić information content (AvgIpc) is 3.37. The molecule has 0 radical (unpaired) electrons. The first-order valence-corrected chi connectivity index (χ1v) is 17.5. The van der Waals surface area contributed by atoms with Gasteiger partial charge in [0.25, 0.3) is 11.8 Å². The molecule has 0 aliphatic carbocycles. The number of carbonyl (C=O) groups excluding carboxylic acids is 5. The first-order chi connectivity index (χ1) is 25.1. The van der Waals surface area contributed by atoms with E-state index in [0.29, 0.717) is 12.8 Å². The molecule has 3 heterocycles. The molecule has 1 atom stereocenters. The first kappa shape index (κ1) is 46.7. The van der Waals surface area contributed by atoms with Crippen molar-refractivity contribution < 1.29 is 104 Å². The van der Waals surface area contributed by atoms with Crippen LogP contribution in [0.1, 0.15) is 25.7 Å². The van der Waals surface area contributed by atoms with E-state index in [9.17, 15) is 63.6 Å². The van der Waals surface area contributed by atoms with Crippen LogP contribution in [0.2, 0.25) is 0 Å². The van der Waals surface area contributed by atoms with Gasteiger partial charge in [0.1, 0.15) is 0 Å². The third kappa shape index (κ3) is 16.5. The van der Waals surface area contributed by atoms with Crippen LogP contribution in [0.3, 0.4) is 0 Å². The molecule has 0 saturated carbocycles. The van der Waals surface area contributed by atoms with Crippen LogP contribution in [0.5, 0.6) is 0 Å². The summed E-state index contributed by atoms with van der Waals surface area (Å²) in [5.41, 5.74) is 0. The Balaban J connectivity index is 0.0000101. The second-order valence-corrected chi connectivity index (χ2v) is 13.4. The van der Waals surface area contributed by atoms with Gasteiger partial charge in [0.2, 0.25) is 11.8 Å². The van der Waals surface area contributed by atoms with Crippen molar-refractivity contribution >= 4 is 53.3 Å². The van der Waals surface area contributed by atoms with Crippen molar-refractivity contribution in [2.75, 3.05) is 105 Å². The van der Waals surface area contributed by atoms with Gasteiger partial charge in [-0.05, 0) is 12.8 Å². The van der Waals surface area contributed by atoms with Crippen molar-refractivity contribution in [3.63, 3.8) is 0 Å². The van der Waals surface area contributed by atoms with Crippen molar-refractivity contribution in [3.05, 3.63) is 12.2 Å². The summed E-state index contributed by atoms with van der Waals surface area (Å²) in [6, 6.07) is 0. The Morgan fingerprint density at radius 3 is 1.50 bits per heavy atom. The predicted octanol–water partition coefficient (Wildman–Crippen LogP) is -3.21. The van der Waals surface area contributed by atoms with E-state index < -0.39 is 59.2 Å². The number of nitrogens with one attached hydrogen (secondary N) is 1. The number of aliphatic carboxylic acids is 4. The number of ketones is 1. The minimum absolute atomic E-state index is 0. The molecule has 0 spiro atoms. The molecule has 20 nitrogen and oxygen atoms in total. The van der Waals surface area contributed by atoms with E-state index in [4.69, 9.17) is 0 Å². The molecule has 54 heavy (non-hydrogen) atoms. The number of nitrogens with zero attached hydrogens (tertiary/aromatic N) is 6. The van der Waals surface area contributed by atoms with Crippen LogP contribution in [0.25, 0.3) is 0 Å². The quantitative estimate of drug-likeness (QED) is 0.0631. The summed E-state index contributed by atoms with van der Waals surface area (Å²) < 4.78 is 0. The van der Waals surface area contributed by atoms with Gasteiger partial charge in [-0.15, -0.1) is 0 Å². The Hall–Kier alpha value is -3.47. The Labute approximate surface area is 344 Å². The number of carboxylic acid groups (broad SMARTS) is 4. The number of hydrogen-bond acceptors (Lipinski definition) is 13. The molecular formula is C33H49GdN7O13. The Bertz CT molecular complexity index is 1370.